The average molecular weight is 450 g/mol. The normalized spacial score (nSPS) is 14.4. The molecule has 1 fully saturated rings. The van der Waals surface area contributed by atoms with E-state index in [4.69, 9.17) is 27.9 Å². The van der Waals surface area contributed by atoms with E-state index < -0.39 is 0 Å². The van der Waals surface area contributed by atoms with Gasteiger partial charge in [-0.1, -0.05) is 35.3 Å². The highest BCUT2D eigenvalue weighted by molar-refractivity contribution is 6.42. The summed E-state index contributed by atoms with van der Waals surface area (Å²) in [4.78, 5) is 27.2. The SMILES string of the molecule is COCCNC(=O)c1ccccc1N1CCC(NC(=O)c2ccc(Cl)c(Cl)c2)CC1. The summed E-state index contributed by atoms with van der Waals surface area (Å²) in [7, 11) is 1.60. The summed E-state index contributed by atoms with van der Waals surface area (Å²) < 4.78 is 4.99. The van der Waals surface area contributed by atoms with Crippen molar-refractivity contribution in [2.24, 2.45) is 0 Å². The van der Waals surface area contributed by atoms with Gasteiger partial charge >= 0.3 is 0 Å². The number of para-hydroxylation sites is 1. The van der Waals surface area contributed by atoms with Gasteiger partial charge in [0, 0.05) is 44.0 Å². The Bertz CT molecular complexity index is 899. The van der Waals surface area contributed by atoms with Crippen molar-refractivity contribution in [2.45, 2.75) is 18.9 Å². The molecule has 8 heteroatoms. The number of methoxy groups -OCH3 is 1. The first-order chi connectivity index (χ1) is 14.5. The molecule has 0 bridgehead atoms. The van der Waals surface area contributed by atoms with Gasteiger partial charge in [-0.05, 0) is 43.2 Å². The minimum Gasteiger partial charge on any atom is -0.383 e. The molecule has 1 aliphatic rings. The molecule has 0 saturated carbocycles. The van der Waals surface area contributed by atoms with Crippen molar-refractivity contribution < 1.29 is 14.3 Å². The Kier molecular flexibility index (Phi) is 7.96. The van der Waals surface area contributed by atoms with Crippen molar-refractivity contribution in [1.82, 2.24) is 10.6 Å². The monoisotopic (exact) mass is 449 g/mol. The number of ether oxygens (including phenoxy) is 1. The zero-order valence-electron chi connectivity index (χ0n) is 16.8. The van der Waals surface area contributed by atoms with Crippen LogP contribution >= 0.6 is 23.2 Å². The zero-order chi connectivity index (χ0) is 21.5. The van der Waals surface area contributed by atoms with Gasteiger partial charge in [-0.25, -0.2) is 0 Å². The van der Waals surface area contributed by atoms with Crippen molar-refractivity contribution in [3.05, 3.63) is 63.6 Å². The molecular formula is C22H25Cl2N3O3. The van der Waals surface area contributed by atoms with Crippen LogP contribution in [0.15, 0.2) is 42.5 Å². The lowest BCUT2D eigenvalue weighted by molar-refractivity contribution is 0.0927. The summed E-state index contributed by atoms with van der Waals surface area (Å²) in [6.45, 7) is 2.42. The number of carbonyl (C=O) groups is 2. The molecule has 0 radical (unpaired) electrons. The Morgan fingerprint density at radius 3 is 2.50 bits per heavy atom. The Balaban J connectivity index is 1.58. The fourth-order valence-corrected chi connectivity index (χ4v) is 3.77. The maximum absolute atomic E-state index is 12.5. The van der Waals surface area contributed by atoms with Gasteiger partial charge in [0.2, 0.25) is 0 Å². The van der Waals surface area contributed by atoms with E-state index in [1.54, 1.807) is 25.3 Å². The summed E-state index contributed by atoms with van der Waals surface area (Å²) in [5.41, 5.74) is 2.04. The van der Waals surface area contributed by atoms with Gasteiger partial charge in [0.05, 0.1) is 22.2 Å². The Hall–Kier alpha value is -2.28. The maximum atomic E-state index is 12.5. The number of anilines is 1. The van der Waals surface area contributed by atoms with Crippen LogP contribution in [0.25, 0.3) is 0 Å². The quantitative estimate of drug-likeness (QED) is 0.631. The number of nitrogens with zero attached hydrogens (tertiary/aromatic N) is 1. The Morgan fingerprint density at radius 1 is 1.07 bits per heavy atom. The van der Waals surface area contributed by atoms with E-state index in [9.17, 15) is 9.59 Å². The molecule has 0 aromatic heterocycles. The molecule has 160 valence electrons. The second-order valence-corrected chi connectivity index (χ2v) is 7.94. The molecule has 0 unspecified atom stereocenters. The lowest BCUT2D eigenvalue weighted by Crippen LogP contribution is -2.45. The molecule has 0 aliphatic carbocycles. The Morgan fingerprint density at radius 2 is 1.80 bits per heavy atom. The first-order valence-corrected chi connectivity index (χ1v) is 10.6. The topological polar surface area (TPSA) is 70.7 Å². The van der Waals surface area contributed by atoms with Crippen LogP contribution in [-0.2, 0) is 4.74 Å². The predicted octanol–water partition coefficient (Wildman–Crippen LogP) is 3.77. The molecule has 1 saturated heterocycles. The number of nitrogens with one attached hydrogen (secondary N) is 2. The number of benzene rings is 2. The van der Waals surface area contributed by atoms with E-state index in [-0.39, 0.29) is 17.9 Å². The van der Waals surface area contributed by atoms with Crippen molar-refractivity contribution in [3.8, 4) is 0 Å². The molecule has 0 atom stereocenters. The number of halogens is 2. The van der Waals surface area contributed by atoms with Gasteiger partial charge in [0.1, 0.15) is 0 Å². The number of hydrogen-bond donors (Lipinski definition) is 2. The minimum absolute atomic E-state index is 0.0610. The Labute approximate surface area is 186 Å². The van der Waals surface area contributed by atoms with Crippen LogP contribution in [0, 0.1) is 0 Å². The summed E-state index contributed by atoms with van der Waals surface area (Å²) in [5, 5.41) is 6.72. The van der Waals surface area contributed by atoms with Crippen molar-refractivity contribution in [1.29, 1.82) is 0 Å². The van der Waals surface area contributed by atoms with E-state index in [0.717, 1.165) is 31.6 Å². The molecule has 2 N–H and O–H groups in total. The average Bonchev–Trinajstić information content (AvgIpc) is 2.76. The fourth-order valence-electron chi connectivity index (χ4n) is 3.47. The molecule has 30 heavy (non-hydrogen) atoms. The molecule has 0 spiro atoms. The first-order valence-electron chi connectivity index (χ1n) is 9.86. The fraction of sp³-hybridized carbons (Fsp3) is 0.364. The second-order valence-electron chi connectivity index (χ2n) is 7.13. The summed E-state index contributed by atoms with van der Waals surface area (Å²) >= 11 is 11.9. The highest BCUT2D eigenvalue weighted by atomic mass is 35.5. The van der Waals surface area contributed by atoms with Gasteiger partial charge in [-0.2, -0.15) is 0 Å². The van der Waals surface area contributed by atoms with Gasteiger partial charge < -0.3 is 20.3 Å². The number of amides is 2. The van der Waals surface area contributed by atoms with Crippen LogP contribution in [0.1, 0.15) is 33.6 Å². The van der Waals surface area contributed by atoms with Gasteiger partial charge in [0.25, 0.3) is 11.8 Å². The third kappa shape index (κ3) is 5.65. The van der Waals surface area contributed by atoms with Gasteiger partial charge in [-0.15, -0.1) is 0 Å². The second kappa shape index (κ2) is 10.7. The lowest BCUT2D eigenvalue weighted by atomic mass is 10.0. The van der Waals surface area contributed by atoms with E-state index in [1.807, 2.05) is 24.3 Å². The molecule has 2 aromatic rings. The minimum atomic E-state index is -0.162. The van der Waals surface area contributed by atoms with Crippen LogP contribution in [0.2, 0.25) is 10.0 Å². The molecule has 3 rings (SSSR count). The van der Waals surface area contributed by atoms with Gasteiger partial charge in [0.15, 0.2) is 0 Å². The maximum Gasteiger partial charge on any atom is 0.253 e. The van der Waals surface area contributed by atoms with Crippen LogP contribution in [-0.4, -0.2) is 51.2 Å². The van der Waals surface area contributed by atoms with E-state index in [0.29, 0.717) is 34.3 Å². The van der Waals surface area contributed by atoms with E-state index in [2.05, 4.69) is 15.5 Å². The molecule has 1 heterocycles. The predicted molar refractivity (Wildman–Crippen MR) is 120 cm³/mol. The highest BCUT2D eigenvalue weighted by Gasteiger charge is 2.24. The van der Waals surface area contributed by atoms with Crippen LogP contribution < -0.4 is 15.5 Å². The molecule has 1 aliphatic heterocycles. The molecule has 6 nitrogen and oxygen atoms in total. The number of carbonyl (C=O) groups excluding carboxylic acids is 2. The zero-order valence-corrected chi connectivity index (χ0v) is 18.3. The first kappa shape index (κ1) is 22.4. The summed E-state index contributed by atoms with van der Waals surface area (Å²) in [6.07, 6.45) is 1.57. The van der Waals surface area contributed by atoms with E-state index in [1.165, 1.54) is 0 Å². The summed E-state index contributed by atoms with van der Waals surface area (Å²) in [5.74, 6) is -0.275. The largest absolute Gasteiger partial charge is 0.383 e. The highest BCUT2D eigenvalue weighted by Crippen LogP contribution is 2.25. The number of piperidine rings is 1. The number of rotatable bonds is 7. The third-order valence-corrected chi connectivity index (χ3v) is 5.83. The molecule has 2 aromatic carbocycles. The van der Waals surface area contributed by atoms with Crippen molar-refractivity contribution in [3.63, 3.8) is 0 Å². The van der Waals surface area contributed by atoms with Crippen molar-refractivity contribution in [2.75, 3.05) is 38.3 Å². The number of hydrogen-bond acceptors (Lipinski definition) is 4. The molecule has 2 amide bonds. The summed E-state index contributed by atoms with van der Waals surface area (Å²) in [6, 6.07) is 12.5. The molecular weight excluding hydrogens is 425 g/mol. The standard InChI is InChI=1S/C22H25Cl2N3O3/c1-30-13-10-25-22(29)17-4-2-3-5-20(17)27-11-8-16(9-12-27)26-21(28)15-6-7-18(23)19(24)14-15/h2-7,14,16H,8-13H2,1H3,(H,25,29)(H,26,28). The van der Waals surface area contributed by atoms with Crippen LogP contribution in [0.3, 0.4) is 0 Å². The van der Waals surface area contributed by atoms with Gasteiger partial charge in [-0.3, -0.25) is 9.59 Å². The van der Waals surface area contributed by atoms with Crippen LogP contribution in [0.4, 0.5) is 5.69 Å². The smallest absolute Gasteiger partial charge is 0.253 e. The van der Waals surface area contributed by atoms with E-state index >= 15 is 0 Å². The van der Waals surface area contributed by atoms with Crippen molar-refractivity contribution >= 4 is 40.7 Å². The van der Waals surface area contributed by atoms with Crippen LogP contribution in [0.5, 0.6) is 0 Å². The third-order valence-electron chi connectivity index (χ3n) is 5.09. The lowest BCUT2D eigenvalue weighted by Gasteiger charge is -2.35.